The minimum Gasteiger partial charge on any atom is -0.463 e. The number of amides is 2. The number of carbonyl (C=O) groups excluding carboxylic acids is 3. The van der Waals surface area contributed by atoms with Crippen molar-refractivity contribution in [2.45, 2.75) is 85.9 Å². The fourth-order valence-electron chi connectivity index (χ4n) is 4.29. The van der Waals surface area contributed by atoms with E-state index in [-0.39, 0.29) is 30.4 Å². The number of benzene rings is 1. The number of carbonyl (C=O) groups is 3. The van der Waals surface area contributed by atoms with Gasteiger partial charge in [0.05, 0.1) is 12.6 Å². The van der Waals surface area contributed by atoms with Gasteiger partial charge in [0.15, 0.2) is 0 Å². The van der Waals surface area contributed by atoms with Crippen LogP contribution in [-0.2, 0) is 29.3 Å². The van der Waals surface area contributed by atoms with Crippen molar-refractivity contribution in [1.82, 2.24) is 10.2 Å². The van der Waals surface area contributed by atoms with Gasteiger partial charge in [0.25, 0.3) is 5.91 Å². The molecule has 0 spiro atoms. The van der Waals surface area contributed by atoms with E-state index in [1.807, 2.05) is 78.8 Å². The van der Waals surface area contributed by atoms with Crippen LogP contribution in [-0.4, -0.2) is 61.6 Å². The molecule has 0 saturated carbocycles. The van der Waals surface area contributed by atoms with Gasteiger partial charge in [-0.15, -0.1) is 0 Å². The Hall–Kier alpha value is -2.67. The van der Waals surface area contributed by atoms with E-state index in [1.54, 1.807) is 31.9 Å². The van der Waals surface area contributed by atoms with Crippen LogP contribution in [0.3, 0.4) is 0 Å². The molecule has 0 aliphatic carbocycles. The van der Waals surface area contributed by atoms with Gasteiger partial charge in [-0.3, -0.25) is 9.59 Å². The van der Waals surface area contributed by atoms with Gasteiger partial charge in [0, 0.05) is 25.1 Å². The van der Waals surface area contributed by atoms with E-state index in [0.29, 0.717) is 5.57 Å². The number of ether oxygens (including phenoxy) is 2. The van der Waals surface area contributed by atoms with Crippen molar-refractivity contribution < 1.29 is 23.9 Å². The Morgan fingerprint density at radius 1 is 1.06 bits per heavy atom. The van der Waals surface area contributed by atoms with Crippen LogP contribution in [0.15, 0.2) is 42.0 Å². The first-order valence-corrected chi connectivity index (χ1v) is 12.6. The molecular weight excluding hydrogens is 456 g/mol. The van der Waals surface area contributed by atoms with E-state index in [4.69, 9.17) is 9.47 Å². The third-order valence-electron chi connectivity index (χ3n) is 6.54. The Morgan fingerprint density at radius 2 is 1.61 bits per heavy atom. The summed E-state index contributed by atoms with van der Waals surface area (Å²) in [5.74, 6) is -0.971. The Kier molecular flexibility index (Phi) is 11.4. The molecule has 0 bridgehead atoms. The number of methoxy groups -OCH3 is 1. The zero-order chi connectivity index (χ0) is 27.8. The molecule has 1 rings (SSSR count). The molecule has 2 amide bonds. The number of rotatable bonds is 11. The number of hydrogen-bond donors (Lipinski definition) is 1. The molecule has 36 heavy (non-hydrogen) atoms. The number of esters is 1. The quantitative estimate of drug-likeness (QED) is 0.356. The summed E-state index contributed by atoms with van der Waals surface area (Å²) >= 11 is 0. The fourth-order valence-corrected chi connectivity index (χ4v) is 4.29. The van der Waals surface area contributed by atoms with Gasteiger partial charge in [-0.1, -0.05) is 84.9 Å². The van der Waals surface area contributed by atoms with E-state index in [0.717, 1.165) is 5.56 Å². The topological polar surface area (TPSA) is 84.9 Å². The van der Waals surface area contributed by atoms with Gasteiger partial charge in [-0.25, -0.2) is 4.79 Å². The van der Waals surface area contributed by atoms with Gasteiger partial charge < -0.3 is 19.7 Å². The summed E-state index contributed by atoms with van der Waals surface area (Å²) in [5, 5.41) is 2.99. The van der Waals surface area contributed by atoms with E-state index in [2.05, 4.69) is 5.32 Å². The van der Waals surface area contributed by atoms with Crippen LogP contribution in [0.4, 0.5) is 0 Å². The summed E-state index contributed by atoms with van der Waals surface area (Å²) in [5.41, 5.74) is 0.201. The highest BCUT2D eigenvalue weighted by atomic mass is 16.5. The lowest BCUT2D eigenvalue weighted by molar-refractivity contribution is -0.144. The molecule has 0 unspecified atom stereocenters. The maximum atomic E-state index is 13.8. The fraction of sp³-hybridized carbons (Fsp3) is 0.621. The average molecular weight is 503 g/mol. The van der Waals surface area contributed by atoms with Crippen molar-refractivity contribution in [3.8, 4) is 0 Å². The Labute approximate surface area is 217 Å². The standard InChI is InChI=1S/C29H46N2O5/c1-12-36-27(34)20(4)18-22(19(2)3)31(10)26(33)23(28(5,6)7)30-25(32)24(35-11)29(8,9)21-16-14-13-15-17-21/h13-19,22-24H,12H2,1-11H3,(H,30,32)/b20-18+/t22-,23-,24-/m1/s1. The lowest BCUT2D eigenvalue weighted by Gasteiger charge is -2.39. The van der Waals surface area contributed by atoms with Gasteiger partial charge in [-0.05, 0) is 30.7 Å². The summed E-state index contributed by atoms with van der Waals surface area (Å²) in [7, 11) is 3.21. The van der Waals surface area contributed by atoms with E-state index in [1.165, 1.54) is 7.11 Å². The zero-order valence-corrected chi connectivity index (χ0v) is 24.0. The summed E-state index contributed by atoms with van der Waals surface area (Å²) < 4.78 is 10.8. The Balaban J connectivity index is 3.28. The normalized spacial score (nSPS) is 15.2. The van der Waals surface area contributed by atoms with Crippen LogP contribution in [0.5, 0.6) is 0 Å². The molecule has 7 heteroatoms. The van der Waals surface area contributed by atoms with Crippen LogP contribution >= 0.6 is 0 Å². The minimum atomic E-state index is -0.810. The largest absolute Gasteiger partial charge is 0.463 e. The summed E-state index contributed by atoms with van der Waals surface area (Å²) in [6, 6.07) is 8.54. The summed E-state index contributed by atoms with van der Waals surface area (Å²) in [6.07, 6.45) is 0.952. The highest BCUT2D eigenvalue weighted by Gasteiger charge is 2.42. The van der Waals surface area contributed by atoms with Crippen molar-refractivity contribution in [3.63, 3.8) is 0 Å². The van der Waals surface area contributed by atoms with Gasteiger partial charge in [-0.2, -0.15) is 0 Å². The second-order valence-electron chi connectivity index (χ2n) is 11.3. The molecular formula is C29H46N2O5. The predicted octanol–water partition coefficient (Wildman–Crippen LogP) is 4.50. The monoisotopic (exact) mass is 502 g/mol. The first kappa shape index (κ1) is 31.4. The van der Waals surface area contributed by atoms with Crippen molar-refractivity contribution >= 4 is 17.8 Å². The molecule has 0 fully saturated rings. The van der Waals surface area contributed by atoms with E-state index in [9.17, 15) is 14.4 Å². The highest BCUT2D eigenvalue weighted by molar-refractivity contribution is 5.91. The lowest BCUT2D eigenvalue weighted by Crippen LogP contribution is -2.59. The van der Waals surface area contributed by atoms with Crippen LogP contribution in [0.25, 0.3) is 0 Å². The molecule has 0 aliphatic heterocycles. The van der Waals surface area contributed by atoms with Crippen LogP contribution < -0.4 is 5.32 Å². The van der Waals surface area contributed by atoms with E-state index >= 15 is 0 Å². The van der Waals surface area contributed by atoms with Crippen molar-refractivity contribution in [3.05, 3.63) is 47.5 Å². The van der Waals surface area contributed by atoms with Crippen molar-refractivity contribution in [2.24, 2.45) is 11.3 Å². The first-order valence-electron chi connectivity index (χ1n) is 12.6. The smallest absolute Gasteiger partial charge is 0.333 e. The summed E-state index contributed by atoms with van der Waals surface area (Å²) in [4.78, 5) is 41.1. The van der Waals surface area contributed by atoms with Crippen molar-refractivity contribution in [2.75, 3.05) is 20.8 Å². The van der Waals surface area contributed by atoms with Crippen LogP contribution in [0.2, 0.25) is 0 Å². The minimum absolute atomic E-state index is 0.0309. The molecule has 202 valence electrons. The molecule has 0 saturated heterocycles. The average Bonchev–Trinajstić information content (AvgIpc) is 2.80. The second kappa shape index (κ2) is 13.0. The molecule has 7 nitrogen and oxygen atoms in total. The number of nitrogens with zero attached hydrogens (tertiary/aromatic N) is 1. The van der Waals surface area contributed by atoms with Gasteiger partial charge in [0.2, 0.25) is 5.91 Å². The van der Waals surface area contributed by atoms with E-state index < -0.39 is 28.9 Å². The lowest BCUT2D eigenvalue weighted by atomic mass is 9.78. The van der Waals surface area contributed by atoms with Gasteiger partial charge in [0.1, 0.15) is 12.1 Å². The molecule has 0 aliphatic rings. The van der Waals surface area contributed by atoms with Gasteiger partial charge >= 0.3 is 5.97 Å². The maximum Gasteiger partial charge on any atom is 0.333 e. The molecule has 0 aromatic heterocycles. The maximum absolute atomic E-state index is 13.8. The molecule has 0 radical (unpaired) electrons. The molecule has 0 heterocycles. The predicted molar refractivity (Wildman–Crippen MR) is 143 cm³/mol. The van der Waals surface area contributed by atoms with Crippen LogP contribution in [0, 0.1) is 11.3 Å². The molecule has 1 aromatic rings. The summed E-state index contributed by atoms with van der Waals surface area (Å²) in [6.45, 7) is 17.3. The Bertz CT molecular complexity index is 915. The molecule has 1 N–H and O–H groups in total. The van der Waals surface area contributed by atoms with Crippen molar-refractivity contribution in [1.29, 1.82) is 0 Å². The van der Waals surface area contributed by atoms with Crippen LogP contribution in [0.1, 0.15) is 67.9 Å². The SMILES string of the molecule is CCOC(=O)/C(C)=C/[C@H](C(C)C)N(C)C(=O)[C@@H](NC(=O)[C@@H](OC)C(C)(C)c1ccccc1)C(C)(C)C. The third-order valence-corrected chi connectivity index (χ3v) is 6.54. The third kappa shape index (κ3) is 7.92. The Morgan fingerprint density at radius 3 is 2.06 bits per heavy atom. The highest BCUT2D eigenvalue weighted by Crippen LogP contribution is 2.30. The second-order valence-corrected chi connectivity index (χ2v) is 11.3. The number of nitrogens with one attached hydrogen (secondary N) is 1. The molecule has 1 aromatic carbocycles. The molecule has 3 atom stereocenters. The first-order chi connectivity index (χ1) is 16.6. The zero-order valence-electron chi connectivity index (χ0n) is 24.0. The number of likely N-dealkylation sites (N-methyl/N-ethyl adjacent to an activating group) is 1. The number of hydrogen-bond acceptors (Lipinski definition) is 5.